The highest BCUT2D eigenvalue weighted by atomic mass is 32.1. The lowest BCUT2D eigenvalue weighted by atomic mass is 9.84. The van der Waals surface area contributed by atoms with Crippen LogP contribution in [0.25, 0.3) is 16.9 Å². The van der Waals surface area contributed by atoms with Crippen molar-refractivity contribution in [1.82, 2.24) is 9.55 Å². The Kier molecular flexibility index (Phi) is 4.69. The molecule has 1 aliphatic heterocycles. The zero-order valence-electron chi connectivity index (χ0n) is 17.2. The van der Waals surface area contributed by atoms with Gasteiger partial charge in [-0.3, -0.25) is 4.57 Å². The van der Waals surface area contributed by atoms with Crippen molar-refractivity contribution in [2.24, 2.45) is 0 Å². The molecule has 29 heavy (non-hydrogen) atoms. The molecule has 5 nitrogen and oxygen atoms in total. The topological polar surface area (TPSA) is 73.2 Å². The van der Waals surface area contributed by atoms with Gasteiger partial charge in [0.1, 0.15) is 11.5 Å². The molecular weight excluding hydrogens is 382 g/mol. The molecule has 0 bridgehead atoms. The van der Waals surface area contributed by atoms with Crippen molar-refractivity contribution in [3.05, 3.63) is 52.4 Å². The molecule has 1 unspecified atom stereocenters. The van der Waals surface area contributed by atoms with Crippen LogP contribution in [0.5, 0.6) is 11.5 Å². The van der Waals surface area contributed by atoms with Gasteiger partial charge in [0.25, 0.3) is 0 Å². The molecule has 1 aromatic heterocycles. The number of rotatable bonds is 4. The number of benzene rings is 2. The Balaban J connectivity index is 1.89. The maximum atomic E-state index is 10.5. The number of aryl methyl sites for hydroxylation is 1. The second kappa shape index (κ2) is 6.95. The van der Waals surface area contributed by atoms with Gasteiger partial charge in [-0.25, -0.2) is 0 Å². The monoisotopic (exact) mass is 409 g/mol. The van der Waals surface area contributed by atoms with E-state index in [-0.39, 0.29) is 17.0 Å². The number of hydrogen-bond donors (Lipinski definition) is 4. The molecular formula is C23H27N3O2S. The Bertz CT molecular complexity index is 1140. The van der Waals surface area contributed by atoms with Gasteiger partial charge in [0.2, 0.25) is 0 Å². The first-order valence-corrected chi connectivity index (χ1v) is 10.5. The third-order valence-electron chi connectivity index (χ3n) is 6.04. The summed E-state index contributed by atoms with van der Waals surface area (Å²) >= 11 is 5.58. The number of hydrogen-bond acceptors (Lipinski definition) is 4. The summed E-state index contributed by atoms with van der Waals surface area (Å²) in [6.07, 6.45) is 3.52. The van der Waals surface area contributed by atoms with Gasteiger partial charge in [-0.2, -0.15) is 0 Å². The molecule has 1 atom stereocenters. The van der Waals surface area contributed by atoms with Crippen molar-refractivity contribution < 1.29 is 10.2 Å². The summed E-state index contributed by atoms with van der Waals surface area (Å²) in [6.45, 7) is 8.65. The Morgan fingerprint density at radius 3 is 2.55 bits per heavy atom. The minimum atomic E-state index is 0.00337. The normalized spacial score (nSPS) is 17.2. The molecule has 0 radical (unpaired) electrons. The molecule has 0 spiro atoms. The fraction of sp³-hybridized carbons (Fsp3) is 0.348. The van der Waals surface area contributed by atoms with E-state index in [0.717, 1.165) is 29.1 Å². The van der Waals surface area contributed by atoms with E-state index in [4.69, 9.17) is 12.2 Å². The van der Waals surface area contributed by atoms with Crippen LogP contribution in [0, 0.1) is 4.77 Å². The van der Waals surface area contributed by atoms with E-state index < -0.39 is 0 Å². The number of phenolic OH excluding ortho intramolecular Hbond substituents is 2. The van der Waals surface area contributed by atoms with E-state index in [9.17, 15) is 10.2 Å². The molecule has 0 saturated carbocycles. The number of nitrogens with one attached hydrogen (secondary N) is 2. The highest BCUT2D eigenvalue weighted by Gasteiger charge is 2.37. The van der Waals surface area contributed by atoms with Crippen molar-refractivity contribution in [1.29, 1.82) is 0 Å². The first-order valence-electron chi connectivity index (χ1n) is 10.0. The van der Waals surface area contributed by atoms with E-state index >= 15 is 0 Å². The van der Waals surface area contributed by atoms with Crippen LogP contribution in [0.4, 0.5) is 5.69 Å². The number of aromatic hydroxyl groups is 2. The average Bonchev–Trinajstić information content (AvgIpc) is 3.16. The standard InChI is InChI=1S/C23H27N3O2S/c1-5-13-9-16(21(28)11-20(13)27)19-12-24-22(29)26(19)14-7-8-18-15(10-14)17(6-2)23(3,4)25-18/h7-12,17,25,27-28H,5-6H2,1-4H3,(H,24,29). The van der Waals surface area contributed by atoms with Gasteiger partial charge < -0.3 is 20.5 Å². The van der Waals surface area contributed by atoms with Crippen LogP contribution in [0.15, 0.2) is 36.5 Å². The predicted octanol–water partition coefficient (Wildman–Crippen LogP) is 5.87. The summed E-state index contributed by atoms with van der Waals surface area (Å²) in [4.78, 5) is 3.11. The third-order valence-corrected chi connectivity index (χ3v) is 6.34. The molecule has 0 aliphatic carbocycles. The number of anilines is 1. The number of nitrogens with zero attached hydrogens (tertiary/aromatic N) is 1. The number of imidazole rings is 1. The van der Waals surface area contributed by atoms with Gasteiger partial charge in [-0.15, -0.1) is 0 Å². The van der Waals surface area contributed by atoms with Crippen LogP contribution in [-0.4, -0.2) is 25.3 Å². The van der Waals surface area contributed by atoms with Gasteiger partial charge in [0.05, 0.1) is 5.69 Å². The highest BCUT2D eigenvalue weighted by molar-refractivity contribution is 7.71. The zero-order valence-corrected chi connectivity index (χ0v) is 18.0. The van der Waals surface area contributed by atoms with Crippen molar-refractivity contribution >= 4 is 17.9 Å². The number of aromatic amines is 1. The van der Waals surface area contributed by atoms with Gasteiger partial charge in [-0.05, 0) is 74.3 Å². The summed E-state index contributed by atoms with van der Waals surface area (Å²) in [5.74, 6) is 0.534. The van der Waals surface area contributed by atoms with E-state index in [2.05, 4.69) is 43.2 Å². The number of aromatic nitrogens is 2. The van der Waals surface area contributed by atoms with E-state index in [0.29, 0.717) is 22.7 Å². The highest BCUT2D eigenvalue weighted by Crippen LogP contribution is 2.45. The molecule has 4 rings (SSSR count). The maximum absolute atomic E-state index is 10.5. The summed E-state index contributed by atoms with van der Waals surface area (Å²) in [5, 5.41) is 24.2. The average molecular weight is 410 g/mol. The van der Waals surface area contributed by atoms with Crippen molar-refractivity contribution in [2.75, 3.05) is 5.32 Å². The summed E-state index contributed by atoms with van der Waals surface area (Å²) < 4.78 is 2.50. The Labute approximate surface area is 176 Å². The molecule has 152 valence electrons. The lowest BCUT2D eigenvalue weighted by molar-refractivity contribution is 0.447. The maximum Gasteiger partial charge on any atom is 0.182 e. The number of fused-ring (bicyclic) bond motifs is 1. The second-order valence-corrected chi connectivity index (χ2v) is 8.63. The molecule has 0 amide bonds. The summed E-state index contributed by atoms with van der Waals surface area (Å²) in [5.41, 5.74) is 5.58. The lowest BCUT2D eigenvalue weighted by Gasteiger charge is -2.27. The molecule has 0 fully saturated rings. The Morgan fingerprint density at radius 1 is 1.10 bits per heavy atom. The van der Waals surface area contributed by atoms with Gasteiger partial charge in [0.15, 0.2) is 4.77 Å². The summed E-state index contributed by atoms with van der Waals surface area (Å²) in [6, 6.07) is 9.57. The van der Waals surface area contributed by atoms with Crippen LogP contribution in [0.1, 0.15) is 51.2 Å². The molecule has 3 aromatic rings. The minimum Gasteiger partial charge on any atom is -0.508 e. The fourth-order valence-corrected chi connectivity index (χ4v) is 4.84. The molecule has 0 saturated heterocycles. The van der Waals surface area contributed by atoms with Gasteiger partial charge >= 0.3 is 0 Å². The van der Waals surface area contributed by atoms with Gasteiger partial charge in [-0.1, -0.05) is 13.8 Å². The fourth-order valence-electron chi connectivity index (χ4n) is 4.58. The molecule has 2 heterocycles. The van der Waals surface area contributed by atoms with Crippen LogP contribution in [-0.2, 0) is 6.42 Å². The van der Waals surface area contributed by atoms with Crippen molar-refractivity contribution in [3.8, 4) is 28.4 Å². The second-order valence-electron chi connectivity index (χ2n) is 8.25. The SMILES string of the molecule is CCc1cc(-c2c[nH]c(=S)n2-c2ccc3c(c2)C(CC)C(C)(C)N3)c(O)cc1O. The van der Waals surface area contributed by atoms with E-state index in [1.807, 2.05) is 23.6 Å². The van der Waals surface area contributed by atoms with Crippen molar-refractivity contribution in [3.63, 3.8) is 0 Å². The van der Waals surface area contributed by atoms with Crippen molar-refractivity contribution in [2.45, 2.75) is 52.0 Å². The quantitative estimate of drug-likeness (QED) is 0.406. The number of H-pyrrole nitrogens is 1. The predicted molar refractivity (Wildman–Crippen MR) is 120 cm³/mol. The third kappa shape index (κ3) is 3.12. The van der Waals surface area contributed by atoms with Crippen LogP contribution >= 0.6 is 12.2 Å². The zero-order chi connectivity index (χ0) is 20.9. The Hall–Kier alpha value is -2.73. The summed E-state index contributed by atoms with van der Waals surface area (Å²) in [7, 11) is 0. The first-order chi connectivity index (χ1) is 13.8. The van der Waals surface area contributed by atoms with Crippen LogP contribution in [0.2, 0.25) is 0 Å². The van der Waals surface area contributed by atoms with E-state index in [1.54, 1.807) is 6.20 Å². The lowest BCUT2D eigenvalue weighted by Crippen LogP contribution is -2.31. The van der Waals surface area contributed by atoms with Crippen LogP contribution in [0.3, 0.4) is 0 Å². The van der Waals surface area contributed by atoms with E-state index in [1.165, 1.54) is 11.6 Å². The smallest absolute Gasteiger partial charge is 0.182 e. The van der Waals surface area contributed by atoms with Crippen LogP contribution < -0.4 is 5.32 Å². The van der Waals surface area contributed by atoms with Gasteiger partial charge in [0, 0.05) is 40.7 Å². The Morgan fingerprint density at radius 2 is 1.86 bits per heavy atom. The molecule has 4 N–H and O–H groups in total. The minimum absolute atomic E-state index is 0.00337. The molecule has 6 heteroatoms. The number of phenols is 2. The molecule has 1 aliphatic rings. The largest absolute Gasteiger partial charge is 0.508 e. The molecule has 2 aromatic carbocycles. The first kappa shape index (κ1) is 19.6.